The van der Waals surface area contributed by atoms with Crippen LogP contribution in [-0.2, 0) is 0 Å². The van der Waals surface area contributed by atoms with Gasteiger partial charge in [-0.3, -0.25) is 0 Å². The van der Waals surface area contributed by atoms with Crippen molar-refractivity contribution in [1.29, 1.82) is 0 Å². The maximum atomic E-state index is 3.34. The zero-order valence-electron chi connectivity index (χ0n) is 7.67. The summed E-state index contributed by atoms with van der Waals surface area (Å²) in [6.45, 7) is 0. The first-order chi connectivity index (χ1) is 5.25. The molecule has 1 aliphatic rings. The maximum Gasteiger partial charge on any atom is 0.0280 e. The van der Waals surface area contributed by atoms with E-state index >= 15 is 0 Å². The lowest BCUT2D eigenvalue weighted by atomic mass is 9.95. The van der Waals surface area contributed by atoms with Gasteiger partial charge in [0.1, 0.15) is 0 Å². The lowest BCUT2D eigenvalue weighted by Gasteiger charge is -2.33. The summed E-state index contributed by atoms with van der Waals surface area (Å²) in [5, 5.41) is 3.34. The van der Waals surface area contributed by atoms with E-state index in [9.17, 15) is 0 Å². The van der Waals surface area contributed by atoms with Crippen LogP contribution in [0, 0.1) is 0 Å². The molecule has 0 spiro atoms. The fourth-order valence-electron chi connectivity index (χ4n) is 1.68. The summed E-state index contributed by atoms with van der Waals surface area (Å²) in [7, 11) is 6.34. The Morgan fingerprint density at radius 1 is 1.27 bits per heavy atom. The van der Waals surface area contributed by atoms with Crippen LogP contribution >= 0.6 is 0 Å². The average molecular weight is 154 g/mol. The molecule has 0 fully saturated rings. The van der Waals surface area contributed by atoms with Gasteiger partial charge in [-0.15, -0.1) is 0 Å². The Morgan fingerprint density at radius 2 is 1.91 bits per heavy atom. The molecule has 0 radical (unpaired) electrons. The Bertz CT molecular complexity index is 140. The molecule has 1 aliphatic carbocycles. The maximum absolute atomic E-state index is 3.34. The molecule has 2 atom stereocenters. The first-order valence-electron chi connectivity index (χ1n) is 4.24. The van der Waals surface area contributed by atoms with Gasteiger partial charge < -0.3 is 10.2 Å². The Morgan fingerprint density at radius 3 is 2.36 bits per heavy atom. The summed E-state index contributed by atoms with van der Waals surface area (Å²) in [6, 6.07) is 1.31. The second kappa shape index (κ2) is 3.88. The lowest BCUT2D eigenvalue weighted by Crippen LogP contribution is -2.46. The van der Waals surface area contributed by atoms with E-state index in [4.69, 9.17) is 0 Å². The molecule has 0 aromatic carbocycles. The molecule has 0 bridgehead atoms. The summed E-state index contributed by atoms with van der Waals surface area (Å²) < 4.78 is 0. The van der Waals surface area contributed by atoms with E-state index in [1.165, 1.54) is 12.8 Å². The van der Waals surface area contributed by atoms with E-state index < -0.39 is 0 Å². The molecule has 64 valence electrons. The molecule has 2 heteroatoms. The Hall–Kier alpha value is -0.340. The van der Waals surface area contributed by atoms with Crippen LogP contribution in [0.15, 0.2) is 12.2 Å². The monoisotopic (exact) mass is 154 g/mol. The topological polar surface area (TPSA) is 15.3 Å². The molecule has 0 aliphatic heterocycles. The molecule has 11 heavy (non-hydrogen) atoms. The van der Waals surface area contributed by atoms with Crippen molar-refractivity contribution in [1.82, 2.24) is 10.2 Å². The van der Waals surface area contributed by atoms with Gasteiger partial charge in [-0.25, -0.2) is 0 Å². The highest BCUT2D eigenvalue weighted by atomic mass is 15.1. The van der Waals surface area contributed by atoms with Crippen LogP contribution in [0.25, 0.3) is 0 Å². The van der Waals surface area contributed by atoms with Crippen molar-refractivity contribution in [3.63, 3.8) is 0 Å². The number of hydrogen-bond donors (Lipinski definition) is 1. The third-order valence-electron chi connectivity index (χ3n) is 2.43. The molecule has 0 saturated carbocycles. The van der Waals surface area contributed by atoms with E-state index in [1.807, 2.05) is 7.05 Å². The third-order valence-corrected chi connectivity index (χ3v) is 2.43. The van der Waals surface area contributed by atoms with Crippen LogP contribution in [0.1, 0.15) is 12.8 Å². The van der Waals surface area contributed by atoms with E-state index in [-0.39, 0.29) is 0 Å². The van der Waals surface area contributed by atoms with E-state index in [2.05, 4.69) is 36.5 Å². The molecule has 0 heterocycles. The fourth-order valence-corrected chi connectivity index (χ4v) is 1.68. The third kappa shape index (κ3) is 2.04. The molecule has 1 rings (SSSR count). The molecule has 0 saturated heterocycles. The van der Waals surface area contributed by atoms with Crippen LogP contribution in [0.5, 0.6) is 0 Å². The van der Waals surface area contributed by atoms with Crippen LogP contribution in [0.4, 0.5) is 0 Å². The first-order valence-corrected chi connectivity index (χ1v) is 4.24. The second-order valence-corrected chi connectivity index (χ2v) is 3.37. The van der Waals surface area contributed by atoms with E-state index in [1.54, 1.807) is 0 Å². The van der Waals surface area contributed by atoms with E-state index in [0.717, 1.165) is 0 Å². The quantitative estimate of drug-likeness (QED) is 0.593. The van der Waals surface area contributed by atoms with Gasteiger partial charge in [0.2, 0.25) is 0 Å². The SMILES string of the molecule is CN[C@@H]1CC=CC[C@H]1N(C)C. The van der Waals surface area contributed by atoms with Gasteiger partial charge in [0, 0.05) is 12.1 Å². The van der Waals surface area contributed by atoms with Gasteiger partial charge in [-0.1, -0.05) is 12.2 Å². The smallest absolute Gasteiger partial charge is 0.0280 e. The van der Waals surface area contributed by atoms with Crippen molar-refractivity contribution >= 4 is 0 Å². The first kappa shape index (κ1) is 8.75. The Balaban J connectivity index is 2.54. The lowest BCUT2D eigenvalue weighted by molar-refractivity contribution is 0.229. The van der Waals surface area contributed by atoms with Crippen molar-refractivity contribution in [3.8, 4) is 0 Å². The van der Waals surface area contributed by atoms with E-state index in [0.29, 0.717) is 12.1 Å². The van der Waals surface area contributed by atoms with Crippen LogP contribution in [0.2, 0.25) is 0 Å². The standard InChI is InChI=1S/C9H18N2/c1-10-8-6-4-5-7-9(8)11(2)3/h4-5,8-10H,6-7H2,1-3H3/t8-,9-/m1/s1. The summed E-state index contributed by atoms with van der Waals surface area (Å²) >= 11 is 0. The normalized spacial score (nSPS) is 31.3. The predicted octanol–water partition coefficient (Wildman–Crippen LogP) is 0.855. The van der Waals surface area contributed by atoms with Crippen LogP contribution in [-0.4, -0.2) is 38.1 Å². The summed E-state index contributed by atoms with van der Waals surface area (Å²) in [5.74, 6) is 0. The molecule has 0 unspecified atom stereocenters. The fraction of sp³-hybridized carbons (Fsp3) is 0.778. The second-order valence-electron chi connectivity index (χ2n) is 3.37. The number of likely N-dealkylation sites (N-methyl/N-ethyl adjacent to an activating group) is 2. The minimum absolute atomic E-state index is 0.634. The molecular formula is C9H18N2. The molecule has 0 aromatic rings. The number of hydrogen-bond acceptors (Lipinski definition) is 2. The van der Waals surface area contributed by atoms with Crippen LogP contribution in [0.3, 0.4) is 0 Å². The minimum Gasteiger partial charge on any atom is -0.315 e. The van der Waals surface area contributed by atoms with Gasteiger partial charge in [-0.05, 0) is 34.0 Å². The van der Waals surface area contributed by atoms with Gasteiger partial charge in [-0.2, -0.15) is 0 Å². The van der Waals surface area contributed by atoms with Crippen molar-refractivity contribution in [2.24, 2.45) is 0 Å². The van der Waals surface area contributed by atoms with Gasteiger partial charge >= 0.3 is 0 Å². The zero-order chi connectivity index (χ0) is 8.27. The number of nitrogens with one attached hydrogen (secondary N) is 1. The molecule has 0 aromatic heterocycles. The molecule has 1 N–H and O–H groups in total. The van der Waals surface area contributed by atoms with Crippen molar-refractivity contribution in [2.75, 3.05) is 21.1 Å². The Kier molecular flexibility index (Phi) is 3.09. The zero-order valence-corrected chi connectivity index (χ0v) is 7.67. The predicted molar refractivity (Wildman–Crippen MR) is 48.7 cm³/mol. The molecular weight excluding hydrogens is 136 g/mol. The molecule has 2 nitrogen and oxygen atoms in total. The summed E-state index contributed by atoms with van der Waals surface area (Å²) in [5.41, 5.74) is 0. The highest BCUT2D eigenvalue weighted by Gasteiger charge is 2.21. The van der Waals surface area contributed by atoms with Gasteiger partial charge in [0.15, 0.2) is 0 Å². The van der Waals surface area contributed by atoms with Crippen molar-refractivity contribution in [2.45, 2.75) is 24.9 Å². The molecule has 0 amide bonds. The largest absolute Gasteiger partial charge is 0.315 e. The van der Waals surface area contributed by atoms with Gasteiger partial charge in [0.05, 0.1) is 0 Å². The highest BCUT2D eigenvalue weighted by Crippen LogP contribution is 2.15. The van der Waals surface area contributed by atoms with Crippen molar-refractivity contribution < 1.29 is 0 Å². The van der Waals surface area contributed by atoms with Gasteiger partial charge in [0.25, 0.3) is 0 Å². The summed E-state index contributed by atoms with van der Waals surface area (Å²) in [6.07, 6.45) is 6.89. The number of rotatable bonds is 2. The van der Waals surface area contributed by atoms with Crippen molar-refractivity contribution in [3.05, 3.63) is 12.2 Å². The average Bonchev–Trinajstić information content (AvgIpc) is 2.04. The Labute approximate surface area is 69.3 Å². The highest BCUT2D eigenvalue weighted by molar-refractivity contribution is 5.00. The number of nitrogens with zero attached hydrogens (tertiary/aromatic N) is 1. The minimum atomic E-state index is 0.634. The summed E-state index contributed by atoms with van der Waals surface area (Å²) in [4.78, 5) is 2.30. The van der Waals surface area contributed by atoms with Crippen LogP contribution < -0.4 is 5.32 Å².